The van der Waals surface area contributed by atoms with Crippen molar-refractivity contribution in [3.8, 4) is 0 Å². The topological polar surface area (TPSA) is 12.4 Å². The van der Waals surface area contributed by atoms with E-state index in [1.165, 1.54) is 16.0 Å². The van der Waals surface area contributed by atoms with Crippen molar-refractivity contribution in [2.24, 2.45) is 4.99 Å². The van der Waals surface area contributed by atoms with E-state index in [4.69, 9.17) is 0 Å². The van der Waals surface area contributed by atoms with Gasteiger partial charge < -0.3 is 0 Å². The fraction of sp³-hybridized carbons (Fsp3) is 0.308. The molecular weight excluding hydrogens is 202 g/mol. The summed E-state index contributed by atoms with van der Waals surface area (Å²) in [5, 5.41) is 0. The average Bonchev–Trinajstić information content (AvgIpc) is 2.30. The van der Waals surface area contributed by atoms with E-state index in [-0.39, 0.29) is 0 Å². The summed E-state index contributed by atoms with van der Waals surface area (Å²) in [6, 6.07) is 6.28. The summed E-state index contributed by atoms with van der Waals surface area (Å²) in [7, 11) is 0. The van der Waals surface area contributed by atoms with Gasteiger partial charge in [-0.2, -0.15) is 0 Å². The summed E-state index contributed by atoms with van der Waals surface area (Å²) in [4.78, 5) is 4.99. The average molecular weight is 221 g/mol. The Kier molecular flexibility index (Phi) is 7.74. The van der Waals surface area contributed by atoms with Gasteiger partial charge in [-0.3, -0.25) is 4.99 Å². The van der Waals surface area contributed by atoms with E-state index < -0.39 is 0 Å². The zero-order valence-corrected chi connectivity index (χ0v) is 10.8. The molecule has 0 aromatic heterocycles. The number of rotatable bonds is 3. The third kappa shape index (κ3) is 4.34. The van der Waals surface area contributed by atoms with Crippen LogP contribution in [-0.2, 0) is 0 Å². The molecule has 0 aliphatic carbocycles. The molecule has 0 aliphatic rings. The highest BCUT2D eigenvalue weighted by molar-refractivity contribution is 7.98. The first-order valence-corrected chi connectivity index (χ1v) is 6.28. The number of aryl methyl sites for hydroxylation is 1. The molecule has 0 fully saturated rings. The Hall–Kier alpha value is -1.02. The van der Waals surface area contributed by atoms with Crippen LogP contribution in [-0.4, -0.2) is 13.0 Å². The Bertz CT molecular complexity index is 329. The van der Waals surface area contributed by atoms with E-state index in [0.29, 0.717) is 0 Å². The number of nitrogens with zero attached hydrogens (tertiary/aromatic N) is 1. The number of hydrogen-bond acceptors (Lipinski definition) is 2. The van der Waals surface area contributed by atoms with Gasteiger partial charge in [0.15, 0.2) is 0 Å². The lowest BCUT2D eigenvalue weighted by atomic mass is 10.1. The number of hydrogen-bond donors (Lipinski definition) is 0. The molecule has 0 saturated carbocycles. The van der Waals surface area contributed by atoms with E-state index in [0.717, 1.165) is 0 Å². The molecule has 0 amide bonds. The van der Waals surface area contributed by atoms with Gasteiger partial charge in [0, 0.05) is 11.1 Å². The first-order valence-electron chi connectivity index (χ1n) is 5.05. The molecule has 0 atom stereocenters. The van der Waals surface area contributed by atoms with Crippen LogP contribution < -0.4 is 0 Å². The van der Waals surface area contributed by atoms with Crippen molar-refractivity contribution in [3.05, 3.63) is 35.5 Å². The van der Waals surface area contributed by atoms with Gasteiger partial charge in [0.25, 0.3) is 0 Å². The van der Waals surface area contributed by atoms with Gasteiger partial charge in [-0.25, -0.2) is 0 Å². The maximum atomic E-state index is 3.71. The van der Waals surface area contributed by atoms with Crippen molar-refractivity contribution in [2.45, 2.75) is 25.7 Å². The minimum atomic E-state index is 1.24. The van der Waals surface area contributed by atoms with Gasteiger partial charge >= 0.3 is 0 Å². The van der Waals surface area contributed by atoms with Crippen LogP contribution in [0.5, 0.6) is 0 Å². The maximum absolute atomic E-state index is 3.71. The monoisotopic (exact) mass is 221 g/mol. The van der Waals surface area contributed by atoms with Gasteiger partial charge in [-0.1, -0.05) is 26.0 Å². The second-order valence-corrected chi connectivity index (χ2v) is 3.54. The molecule has 0 saturated heterocycles. The van der Waals surface area contributed by atoms with Crippen molar-refractivity contribution in [2.75, 3.05) is 6.26 Å². The smallest absolute Gasteiger partial charge is 0.0267 e. The molecule has 0 N–H and O–H groups in total. The normalized spacial score (nSPS) is 9.60. The molecule has 82 valence electrons. The Labute approximate surface area is 97.3 Å². The molecule has 15 heavy (non-hydrogen) atoms. The SMILES string of the molecule is C=N/C=C\c1c(C)cccc1SC.CC. The molecule has 1 aromatic rings. The van der Waals surface area contributed by atoms with Gasteiger partial charge in [0.2, 0.25) is 0 Å². The molecule has 0 aliphatic heterocycles. The van der Waals surface area contributed by atoms with E-state index >= 15 is 0 Å². The number of thioether (sulfide) groups is 1. The molecular formula is C13H19NS. The Balaban J connectivity index is 0.000000921. The zero-order valence-electron chi connectivity index (χ0n) is 9.95. The van der Waals surface area contributed by atoms with Crippen molar-refractivity contribution in [1.82, 2.24) is 0 Å². The first-order chi connectivity index (χ1) is 7.29. The van der Waals surface area contributed by atoms with Crippen LogP contribution in [0, 0.1) is 6.92 Å². The lowest BCUT2D eigenvalue weighted by Gasteiger charge is -2.05. The summed E-state index contributed by atoms with van der Waals surface area (Å²) in [6.07, 6.45) is 5.80. The van der Waals surface area contributed by atoms with E-state index in [2.05, 4.69) is 43.1 Å². The standard InChI is InChI=1S/C11H13NS.C2H6/c1-9-5-4-6-11(13-3)10(9)7-8-12-2;1-2/h4-8H,2H2,1,3H3;1-2H3/b8-7-;. The summed E-state index contributed by atoms with van der Waals surface area (Å²) in [6.45, 7) is 9.52. The second kappa shape index (κ2) is 8.30. The molecule has 1 aromatic carbocycles. The zero-order chi connectivity index (χ0) is 11.7. The summed E-state index contributed by atoms with van der Waals surface area (Å²) in [5.74, 6) is 0. The summed E-state index contributed by atoms with van der Waals surface area (Å²) < 4.78 is 0. The fourth-order valence-electron chi connectivity index (χ4n) is 1.17. The van der Waals surface area contributed by atoms with Crippen LogP contribution in [0.15, 0.2) is 34.3 Å². The van der Waals surface area contributed by atoms with Crippen LogP contribution in [0.2, 0.25) is 0 Å². The van der Waals surface area contributed by atoms with Crippen molar-refractivity contribution in [3.63, 3.8) is 0 Å². The third-order valence-corrected chi connectivity index (χ3v) is 2.65. The van der Waals surface area contributed by atoms with Crippen LogP contribution in [0.25, 0.3) is 6.08 Å². The molecule has 0 heterocycles. The lowest BCUT2D eigenvalue weighted by molar-refractivity contribution is 1.33. The van der Waals surface area contributed by atoms with Gasteiger partial charge in [0.05, 0.1) is 0 Å². The summed E-state index contributed by atoms with van der Waals surface area (Å²) >= 11 is 1.75. The predicted molar refractivity (Wildman–Crippen MR) is 72.9 cm³/mol. The molecule has 0 radical (unpaired) electrons. The highest BCUT2D eigenvalue weighted by Gasteiger charge is 1.99. The summed E-state index contributed by atoms with van der Waals surface area (Å²) in [5.41, 5.74) is 2.51. The number of benzene rings is 1. The van der Waals surface area contributed by atoms with Gasteiger partial charge in [-0.05, 0) is 43.2 Å². The molecule has 0 bridgehead atoms. The highest BCUT2D eigenvalue weighted by atomic mass is 32.2. The van der Waals surface area contributed by atoms with Crippen LogP contribution in [0.3, 0.4) is 0 Å². The lowest BCUT2D eigenvalue weighted by Crippen LogP contribution is -1.83. The molecule has 1 rings (SSSR count). The molecule has 0 spiro atoms. The van der Waals surface area contributed by atoms with Crippen LogP contribution in [0.4, 0.5) is 0 Å². The van der Waals surface area contributed by atoms with Gasteiger partial charge in [0.1, 0.15) is 0 Å². The highest BCUT2D eigenvalue weighted by Crippen LogP contribution is 2.24. The van der Waals surface area contributed by atoms with Crippen molar-refractivity contribution >= 4 is 24.6 Å². The largest absolute Gasteiger partial charge is 0.272 e. The van der Waals surface area contributed by atoms with Gasteiger partial charge in [-0.15, -0.1) is 11.8 Å². The Morgan fingerprint density at radius 2 is 2.00 bits per heavy atom. The first kappa shape index (κ1) is 14.0. The Morgan fingerprint density at radius 3 is 2.53 bits per heavy atom. The predicted octanol–water partition coefficient (Wildman–Crippen LogP) is 4.41. The fourth-order valence-corrected chi connectivity index (χ4v) is 1.84. The van der Waals surface area contributed by atoms with E-state index in [9.17, 15) is 0 Å². The minimum Gasteiger partial charge on any atom is -0.272 e. The van der Waals surface area contributed by atoms with Crippen LogP contribution in [0.1, 0.15) is 25.0 Å². The maximum Gasteiger partial charge on any atom is 0.0267 e. The third-order valence-electron chi connectivity index (χ3n) is 1.85. The quantitative estimate of drug-likeness (QED) is 0.544. The molecule has 1 nitrogen and oxygen atoms in total. The second-order valence-electron chi connectivity index (χ2n) is 2.69. The molecule has 0 unspecified atom stereocenters. The van der Waals surface area contributed by atoms with E-state index in [1.807, 2.05) is 19.9 Å². The van der Waals surface area contributed by atoms with E-state index in [1.54, 1.807) is 18.0 Å². The van der Waals surface area contributed by atoms with Crippen LogP contribution >= 0.6 is 11.8 Å². The Morgan fingerprint density at radius 1 is 1.33 bits per heavy atom. The van der Waals surface area contributed by atoms with Crippen molar-refractivity contribution in [1.29, 1.82) is 0 Å². The minimum absolute atomic E-state index is 1.24. The van der Waals surface area contributed by atoms with Crippen molar-refractivity contribution < 1.29 is 0 Å². The molecule has 2 heteroatoms. The number of aliphatic imine (C=N–C) groups is 1.